The summed E-state index contributed by atoms with van der Waals surface area (Å²) in [5.41, 5.74) is 7.59. The molecule has 0 aliphatic heterocycles. The van der Waals surface area contributed by atoms with Crippen molar-refractivity contribution in [2.45, 2.75) is 13.8 Å². The Balaban J connectivity index is 3.17. The van der Waals surface area contributed by atoms with Crippen LogP contribution < -0.4 is 11.1 Å². The number of carbonyl (C=O) groups excluding carboxylic acids is 1. The van der Waals surface area contributed by atoms with Gasteiger partial charge >= 0.3 is 6.03 Å². The van der Waals surface area contributed by atoms with Crippen LogP contribution in [0, 0.1) is 13.8 Å². The minimum atomic E-state index is -0.601. The van der Waals surface area contributed by atoms with E-state index < -0.39 is 6.03 Å². The van der Waals surface area contributed by atoms with Gasteiger partial charge in [0, 0.05) is 0 Å². The first kappa shape index (κ1) is 9.86. The van der Waals surface area contributed by atoms with E-state index in [1.54, 1.807) is 6.07 Å². The van der Waals surface area contributed by atoms with Crippen LogP contribution in [0.5, 0.6) is 0 Å². The maximum Gasteiger partial charge on any atom is 0.316 e. The van der Waals surface area contributed by atoms with Gasteiger partial charge < -0.3 is 11.1 Å². The van der Waals surface area contributed by atoms with E-state index in [0.717, 1.165) is 11.1 Å². The summed E-state index contributed by atoms with van der Waals surface area (Å²) in [5.74, 6) is 0. The lowest BCUT2D eigenvalue weighted by Gasteiger charge is -2.10. The standard InChI is InChI=1S/C9H11ClN2O/c1-5-3-4-7(10)8(6(5)2)12-9(11)13/h3-4H,1-2H3,(H3,11,12,13). The molecule has 1 aromatic carbocycles. The van der Waals surface area contributed by atoms with Gasteiger partial charge in [0.15, 0.2) is 0 Å². The molecule has 0 atom stereocenters. The van der Waals surface area contributed by atoms with E-state index in [1.165, 1.54) is 0 Å². The Morgan fingerprint density at radius 3 is 2.62 bits per heavy atom. The van der Waals surface area contributed by atoms with E-state index in [0.29, 0.717) is 10.7 Å². The first-order valence-corrected chi connectivity index (χ1v) is 4.22. The molecular formula is C9H11ClN2O. The first-order chi connectivity index (χ1) is 6.02. The summed E-state index contributed by atoms with van der Waals surface area (Å²) in [5, 5.41) is 2.99. The summed E-state index contributed by atoms with van der Waals surface area (Å²) < 4.78 is 0. The van der Waals surface area contributed by atoms with Crippen LogP contribution in [0.15, 0.2) is 12.1 Å². The molecule has 0 aromatic heterocycles. The van der Waals surface area contributed by atoms with Gasteiger partial charge in [-0.1, -0.05) is 17.7 Å². The molecule has 0 bridgehead atoms. The Morgan fingerprint density at radius 1 is 1.46 bits per heavy atom. The van der Waals surface area contributed by atoms with Gasteiger partial charge in [0.25, 0.3) is 0 Å². The molecule has 0 unspecified atom stereocenters. The zero-order valence-corrected chi connectivity index (χ0v) is 8.27. The van der Waals surface area contributed by atoms with Crippen LogP contribution in [0.3, 0.4) is 0 Å². The number of amides is 2. The molecule has 0 radical (unpaired) electrons. The Labute approximate surface area is 81.9 Å². The van der Waals surface area contributed by atoms with Gasteiger partial charge in [0.2, 0.25) is 0 Å². The molecule has 0 fully saturated rings. The van der Waals surface area contributed by atoms with Crippen LogP contribution >= 0.6 is 11.6 Å². The van der Waals surface area contributed by atoms with Crippen molar-refractivity contribution in [1.29, 1.82) is 0 Å². The van der Waals surface area contributed by atoms with Gasteiger partial charge in [-0.15, -0.1) is 0 Å². The minimum Gasteiger partial charge on any atom is -0.351 e. The molecule has 3 N–H and O–H groups in total. The normalized spacial score (nSPS) is 9.77. The molecule has 1 aromatic rings. The fourth-order valence-electron chi connectivity index (χ4n) is 1.06. The maximum atomic E-state index is 10.6. The third-order valence-corrected chi connectivity index (χ3v) is 2.25. The van der Waals surface area contributed by atoms with E-state index in [1.807, 2.05) is 19.9 Å². The third-order valence-electron chi connectivity index (χ3n) is 1.93. The summed E-state index contributed by atoms with van der Waals surface area (Å²) in [6.45, 7) is 3.82. The number of rotatable bonds is 1. The van der Waals surface area contributed by atoms with Gasteiger partial charge in [-0.25, -0.2) is 4.79 Å². The number of nitrogens with two attached hydrogens (primary N) is 1. The number of urea groups is 1. The fraction of sp³-hybridized carbons (Fsp3) is 0.222. The highest BCUT2D eigenvalue weighted by atomic mass is 35.5. The summed E-state index contributed by atoms with van der Waals surface area (Å²) >= 11 is 5.88. The second-order valence-corrected chi connectivity index (χ2v) is 3.26. The molecular weight excluding hydrogens is 188 g/mol. The number of carbonyl (C=O) groups is 1. The topological polar surface area (TPSA) is 55.1 Å². The lowest BCUT2D eigenvalue weighted by Crippen LogP contribution is -2.20. The molecule has 0 saturated heterocycles. The minimum absolute atomic E-state index is 0.502. The zero-order valence-electron chi connectivity index (χ0n) is 7.52. The first-order valence-electron chi connectivity index (χ1n) is 3.84. The van der Waals surface area contributed by atoms with E-state index >= 15 is 0 Å². The molecule has 0 spiro atoms. The number of primary amides is 1. The summed E-state index contributed by atoms with van der Waals surface area (Å²) in [6.07, 6.45) is 0. The molecule has 13 heavy (non-hydrogen) atoms. The second kappa shape index (κ2) is 3.66. The van der Waals surface area contributed by atoms with E-state index in [9.17, 15) is 4.79 Å². The molecule has 0 aliphatic rings. The van der Waals surface area contributed by atoms with Crippen molar-refractivity contribution in [2.75, 3.05) is 5.32 Å². The van der Waals surface area contributed by atoms with Gasteiger partial charge in [-0.3, -0.25) is 0 Å². The molecule has 3 nitrogen and oxygen atoms in total. The molecule has 2 amide bonds. The van der Waals surface area contributed by atoms with Gasteiger partial charge in [0.1, 0.15) is 0 Å². The third kappa shape index (κ3) is 2.12. The van der Waals surface area contributed by atoms with Crippen molar-refractivity contribution in [3.8, 4) is 0 Å². The average Bonchev–Trinajstić information content (AvgIpc) is 2.05. The monoisotopic (exact) mass is 198 g/mol. The van der Waals surface area contributed by atoms with Crippen LogP contribution in [0.2, 0.25) is 5.02 Å². The van der Waals surface area contributed by atoms with Crippen molar-refractivity contribution in [2.24, 2.45) is 5.73 Å². The van der Waals surface area contributed by atoms with Crippen LogP contribution in [0.25, 0.3) is 0 Å². The molecule has 0 saturated carbocycles. The van der Waals surface area contributed by atoms with Gasteiger partial charge in [-0.05, 0) is 31.0 Å². The SMILES string of the molecule is Cc1ccc(Cl)c(NC(N)=O)c1C. The second-order valence-electron chi connectivity index (χ2n) is 2.85. The summed E-state index contributed by atoms with van der Waals surface area (Å²) in [4.78, 5) is 10.6. The molecule has 0 heterocycles. The van der Waals surface area contributed by atoms with Crippen molar-refractivity contribution in [3.63, 3.8) is 0 Å². The molecule has 1 rings (SSSR count). The molecule has 70 valence electrons. The van der Waals surface area contributed by atoms with E-state index in [4.69, 9.17) is 17.3 Å². The number of hydrogen-bond donors (Lipinski definition) is 2. The fourth-order valence-corrected chi connectivity index (χ4v) is 1.31. The lowest BCUT2D eigenvalue weighted by atomic mass is 10.1. The lowest BCUT2D eigenvalue weighted by molar-refractivity contribution is 0.259. The average molecular weight is 199 g/mol. The quantitative estimate of drug-likeness (QED) is 0.716. The number of halogens is 1. The summed E-state index contributed by atoms with van der Waals surface area (Å²) in [6, 6.07) is 3.02. The highest BCUT2D eigenvalue weighted by Gasteiger charge is 2.07. The van der Waals surface area contributed by atoms with Crippen LogP contribution in [-0.4, -0.2) is 6.03 Å². The smallest absolute Gasteiger partial charge is 0.316 e. The largest absolute Gasteiger partial charge is 0.351 e. The van der Waals surface area contributed by atoms with Gasteiger partial charge in [0.05, 0.1) is 10.7 Å². The zero-order chi connectivity index (χ0) is 10.0. The van der Waals surface area contributed by atoms with Crippen molar-refractivity contribution >= 4 is 23.3 Å². The Kier molecular flexibility index (Phi) is 2.78. The summed E-state index contributed by atoms with van der Waals surface area (Å²) in [7, 11) is 0. The van der Waals surface area contributed by atoms with Gasteiger partial charge in [-0.2, -0.15) is 0 Å². The number of anilines is 1. The number of nitrogens with one attached hydrogen (secondary N) is 1. The number of benzene rings is 1. The van der Waals surface area contributed by atoms with Crippen molar-refractivity contribution < 1.29 is 4.79 Å². The predicted molar refractivity (Wildman–Crippen MR) is 54.1 cm³/mol. The number of hydrogen-bond acceptors (Lipinski definition) is 1. The van der Waals surface area contributed by atoms with Crippen molar-refractivity contribution in [1.82, 2.24) is 0 Å². The highest BCUT2D eigenvalue weighted by Crippen LogP contribution is 2.27. The van der Waals surface area contributed by atoms with E-state index in [-0.39, 0.29) is 0 Å². The van der Waals surface area contributed by atoms with Crippen LogP contribution in [0.4, 0.5) is 10.5 Å². The van der Waals surface area contributed by atoms with Crippen LogP contribution in [0.1, 0.15) is 11.1 Å². The highest BCUT2D eigenvalue weighted by molar-refractivity contribution is 6.33. The maximum absolute atomic E-state index is 10.6. The Bertz CT molecular complexity index is 350. The van der Waals surface area contributed by atoms with Crippen LogP contribution in [-0.2, 0) is 0 Å². The molecule has 0 aliphatic carbocycles. The Hall–Kier alpha value is -1.22. The van der Waals surface area contributed by atoms with E-state index in [2.05, 4.69) is 5.32 Å². The molecule has 4 heteroatoms. The predicted octanol–water partition coefficient (Wildman–Crippen LogP) is 2.45. The Morgan fingerprint density at radius 2 is 2.08 bits per heavy atom. The number of aryl methyl sites for hydroxylation is 1. The van der Waals surface area contributed by atoms with Crippen molar-refractivity contribution in [3.05, 3.63) is 28.3 Å².